The van der Waals surface area contributed by atoms with Crippen LogP contribution >= 0.6 is 0 Å². The zero-order valence-corrected chi connectivity index (χ0v) is 15.9. The summed E-state index contributed by atoms with van der Waals surface area (Å²) in [5.41, 5.74) is 2.23. The van der Waals surface area contributed by atoms with Crippen LogP contribution in [-0.2, 0) is 13.6 Å². The Kier molecular flexibility index (Phi) is 5.05. The monoisotopic (exact) mass is 406 g/mol. The normalized spacial score (nSPS) is 10.9. The molecule has 0 aliphatic carbocycles. The number of nitrogens with zero attached hydrogens (tertiary/aromatic N) is 3. The molecule has 0 atom stereocenters. The molecule has 4 aromatic rings. The fourth-order valence-corrected chi connectivity index (χ4v) is 3.12. The Balaban J connectivity index is 1.55. The first-order valence-electron chi connectivity index (χ1n) is 9.08. The molecule has 0 saturated carbocycles. The number of carbonyl (C=O) groups is 1. The highest BCUT2D eigenvalue weighted by molar-refractivity contribution is 5.94. The van der Waals surface area contributed by atoms with Crippen LogP contribution in [0.15, 0.2) is 65.6 Å². The Labute approximate surface area is 169 Å². The first-order valence-corrected chi connectivity index (χ1v) is 9.08. The Morgan fingerprint density at radius 2 is 1.77 bits per heavy atom. The molecule has 0 aliphatic rings. The molecule has 2 aromatic carbocycles. The Morgan fingerprint density at radius 3 is 2.47 bits per heavy atom. The first kappa shape index (κ1) is 19.4. The van der Waals surface area contributed by atoms with Crippen molar-refractivity contribution in [1.29, 1.82) is 0 Å². The van der Waals surface area contributed by atoms with Crippen LogP contribution in [0.25, 0.3) is 22.4 Å². The second-order valence-corrected chi connectivity index (χ2v) is 6.71. The van der Waals surface area contributed by atoms with Crippen molar-refractivity contribution < 1.29 is 13.6 Å². The number of amides is 1. The second kappa shape index (κ2) is 7.82. The van der Waals surface area contributed by atoms with Gasteiger partial charge in [-0.05, 0) is 42.0 Å². The highest BCUT2D eigenvalue weighted by Crippen LogP contribution is 2.17. The van der Waals surface area contributed by atoms with Crippen LogP contribution in [0.5, 0.6) is 0 Å². The summed E-state index contributed by atoms with van der Waals surface area (Å²) < 4.78 is 27.9. The van der Waals surface area contributed by atoms with Gasteiger partial charge in [0, 0.05) is 37.0 Å². The number of aryl methyl sites for hydroxylation is 1. The van der Waals surface area contributed by atoms with Gasteiger partial charge in [-0.1, -0.05) is 12.1 Å². The SMILES string of the molecule is Cn1c(=O)c(-c2ccc(C(=O)NCc3cc(F)cc(F)c3)cc2)nc2cccnc21. The topological polar surface area (TPSA) is 76.9 Å². The van der Waals surface area contributed by atoms with Gasteiger partial charge in [0.15, 0.2) is 5.65 Å². The minimum atomic E-state index is -0.705. The molecule has 0 unspecified atom stereocenters. The van der Waals surface area contributed by atoms with Crippen LogP contribution < -0.4 is 10.9 Å². The van der Waals surface area contributed by atoms with E-state index in [-0.39, 0.29) is 17.8 Å². The number of benzene rings is 2. The fourth-order valence-electron chi connectivity index (χ4n) is 3.12. The van der Waals surface area contributed by atoms with Crippen molar-refractivity contribution >= 4 is 17.1 Å². The van der Waals surface area contributed by atoms with E-state index in [1.807, 2.05) is 0 Å². The summed E-state index contributed by atoms with van der Waals surface area (Å²) in [6, 6.07) is 13.0. The van der Waals surface area contributed by atoms with Crippen LogP contribution in [0, 0.1) is 11.6 Å². The lowest BCUT2D eigenvalue weighted by atomic mass is 10.1. The molecule has 4 rings (SSSR count). The maximum Gasteiger partial charge on any atom is 0.278 e. The predicted molar refractivity (Wildman–Crippen MR) is 108 cm³/mol. The van der Waals surface area contributed by atoms with Gasteiger partial charge in [-0.2, -0.15) is 0 Å². The molecule has 0 radical (unpaired) electrons. The van der Waals surface area contributed by atoms with Gasteiger partial charge in [0.25, 0.3) is 11.5 Å². The molecule has 0 aliphatic heterocycles. The molecular formula is C22H16F2N4O2. The van der Waals surface area contributed by atoms with Crippen LogP contribution in [0.1, 0.15) is 15.9 Å². The molecule has 8 heteroatoms. The molecule has 150 valence electrons. The molecule has 2 heterocycles. The fraction of sp³-hybridized carbons (Fsp3) is 0.0909. The summed E-state index contributed by atoms with van der Waals surface area (Å²) in [6.45, 7) is -0.0188. The van der Waals surface area contributed by atoms with E-state index < -0.39 is 17.5 Å². The third-order valence-electron chi connectivity index (χ3n) is 4.62. The Bertz CT molecular complexity index is 1300. The van der Waals surface area contributed by atoms with Crippen molar-refractivity contribution in [3.63, 3.8) is 0 Å². The summed E-state index contributed by atoms with van der Waals surface area (Å²) >= 11 is 0. The van der Waals surface area contributed by atoms with Gasteiger partial charge < -0.3 is 5.32 Å². The zero-order valence-electron chi connectivity index (χ0n) is 15.9. The first-order chi connectivity index (χ1) is 14.4. The number of pyridine rings is 1. The Morgan fingerprint density at radius 1 is 1.07 bits per heavy atom. The van der Waals surface area contributed by atoms with E-state index in [1.54, 1.807) is 49.6 Å². The van der Waals surface area contributed by atoms with Crippen LogP contribution in [-0.4, -0.2) is 20.4 Å². The number of nitrogens with one attached hydrogen (secondary N) is 1. The van der Waals surface area contributed by atoms with Gasteiger partial charge in [-0.15, -0.1) is 0 Å². The molecule has 30 heavy (non-hydrogen) atoms. The van der Waals surface area contributed by atoms with E-state index in [2.05, 4.69) is 15.3 Å². The Hall–Kier alpha value is -3.94. The molecule has 2 aromatic heterocycles. The quantitative estimate of drug-likeness (QED) is 0.565. The lowest BCUT2D eigenvalue weighted by molar-refractivity contribution is 0.0951. The van der Waals surface area contributed by atoms with E-state index in [1.165, 1.54) is 4.57 Å². The standard InChI is InChI=1S/C22H16F2N4O2/c1-28-20-18(3-2-8-25-20)27-19(22(28)30)14-4-6-15(7-5-14)21(29)26-12-13-9-16(23)11-17(24)10-13/h2-11H,12H2,1H3,(H,26,29). The van der Waals surface area contributed by atoms with Crippen LogP contribution in [0.4, 0.5) is 8.78 Å². The van der Waals surface area contributed by atoms with Crippen molar-refractivity contribution in [2.45, 2.75) is 6.54 Å². The van der Waals surface area contributed by atoms with Gasteiger partial charge in [0.1, 0.15) is 22.8 Å². The number of halogens is 2. The third-order valence-corrected chi connectivity index (χ3v) is 4.62. The molecule has 6 nitrogen and oxygen atoms in total. The van der Waals surface area contributed by atoms with Crippen molar-refractivity contribution in [2.24, 2.45) is 7.05 Å². The highest BCUT2D eigenvalue weighted by atomic mass is 19.1. The number of rotatable bonds is 4. The molecule has 0 bridgehead atoms. The van der Waals surface area contributed by atoms with E-state index in [9.17, 15) is 18.4 Å². The van der Waals surface area contributed by atoms with Crippen molar-refractivity contribution in [3.8, 4) is 11.3 Å². The van der Waals surface area contributed by atoms with Crippen molar-refractivity contribution in [1.82, 2.24) is 19.9 Å². The maximum absolute atomic E-state index is 13.2. The number of fused-ring (bicyclic) bond motifs is 1. The average molecular weight is 406 g/mol. The van der Waals surface area contributed by atoms with Gasteiger partial charge in [0.05, 0.1) is 0 Å². The summed E-state index contributed by atoms with van der Waals surface area (Å²) in [5, 5.41) is 2.61. The lowest BCUT2D eigenvalue weighted by Crippen LogP contribution is -2.23. The number of aromatic nitrogens is 3. The minimum absolute atomic E-state index is 0.0188. The van der Waals surface area contributed by atoms with Crippen molar-refractivity contribution in [3.05, 3.63) is 93.9 Å². The predicted octanol–water partition coefficient (Wildman–Crippen LogP) is 3.20. The lowest BCUT2D eigenvalue weighted by Gasteiger charge is -2.09. The highest BCUT2D eigenvalue weighted by Gasteiger charge is 2.13. The van der Waals surface area contributed by atoms with E-state index >= 15 is 0 Å². The second-order valence-electron chi connectivity index (χ2n) is 6.71. The molecule has 1 amide bonds. The molecule has 0 saturated heterocycles. The summed E-state index contributed by atoms with van der Waals surface area (Å²) in [4.78, 5) is 33.6. The minimum Gasteiger partial charge on any atom is -0.348 e. The largest absolute Gasteiger partial charge is 0.348 e. The number of carbonyl (C=O) groups excluding carboxylic acids is 1. The van der Waals surface area contributed by atoms with Gasteiger partial charge in [0.2, 0.25) is 0 Å². The van der Waals surface area contributed by atoms with Crippen LogP contribution in [0.3, 0.4) is 0 Å². The summed E-state index contributed by atoms with van der Waals surface area (Å²) in [5.74, 6) is -1.82. The zero-order chi connectivity index (χ0) is 21.3. The number of hydrogen-bond donors (Lipinski definition) is 1. The van der Waals surface area contributed by atoms with Gasteiger partial charge in [-0.25, -0.2) is 18.7 Å². The van der Waals surface area contributed by atoms with E-state index in [4.69, 9.17) is 0 Å². The van der Waals surface area contributed by atoms with E-state index in [0.29, 0.717) is 27.9 Å². The number of hydrogen-bond acceptors (Lipinski definition) is 4. The molecule has 0 spiro atoms. The maximum atomic E-state index is 13.2. The van der Waals surface area contributed by atoms with Gasteiger partial charge >= 0.3 is 0 Å². The summed E-state index contributed by atoms with van der Waals surface area (Å²) in [6.07, 6.45) is 1.59. The molecule has 1 N–H and O–H groups in total. The summed E-state index contributed by atoms with van der Waals surface area (Å²) in [7, 11) is 1.62. The molecule has 0 fully saturated rings. The average Bonchev–Trinajstić information content (AvgIpc) is 2.74. The third kappa shape index (κ3) is 3.80. The van der Waals surface area contributed by atoms with E-state index in [0.717, 1.165) is 18.2 Å². The van der Waals surface area contributed by atoms with Crippen LogP contribution in [0.2, 0.25) is 0 Å². The smallest absolute Gasteiger partial charge is 0.278 e. The van der Waals surface area contributed by atoms with Crippen molar-refractivity contribution in [2.75, 3.05) is 0 Å². The molecular weight excluding hydrogens is 390 g/mol. The van der Waals surface area contributed by atoms with Gasteiger partial charge in [-0.3, -0.25) is 14.2 Å².